The molecule has 0 amide bonds. The fraction of sp³-hybridized carbons (Fsp3) is 0.619. The van der Waals surface area contributed by atoms with Gasteiger partial charge in [-0.3, -0.25) is 4.79 Å². The third kappa shape index (κ3) is 8.86. The minimum absolute atomic E-state index is 0.0248. The van der Waals surface area contributed by atoms with Crippen LogP contribution in [0.2, 0.25) is 0 Å². The molecular weight excluding hydrogens is 348 g/mol. The van der Waals surface area contributed by atoms with Crippen molar-refractivity contribution >= 4 is 23.5 Å². The largest absolute Gasteiger partial charge is 0.479 e. The SMILES string of the molecule is CCCCCCCCCCCC(=O)c1cc(C)ccc1SC(O)C(=O)O. The molecule has 0 fully saturated rings. The second kappa shape index (κ2) is 12.9. The average Bonchev–Trinajstić information content (AvgIpc) is 2.61. The Kier molecular flexibility index (Phi) is 11.3. The van der Waals surface area contributed by atoms with Gasteiger partial charge in [0.1, 0.15) is 0 Å². The smallest absolute Gasteiger partial charge is 0.343 e. The number of benzene rings is 1. The lowest BCUT2D eigenvalue weighted by Crippen LogP contribution is -2.15. The first kappa shape index (κ1) is 22.7. The standard InChI is InChI=1S/C21H32O4S/c1-3-4-5-6-7-8-9-10-11-12-18(22)17-15-16(2)13-14-19(17)26-21(25)20(23)24/h13-15,21,25H,3-12H2,1-2H3,(H,23,24). The lowest BCUT2D eigenvalue weighted by molar-refractivity contribution is -0.141. The fourth-order valence-corrected chi connectivity index (χ4v) is 3.65. The highest BCUT2D eigenvalue weighted by molar-refractivity contribution is 8.00. The quantitative estimate of drug-likeness (QED) is 0.190. The molecule has 4 nitrogen and oxygen atoms in total. The number of Topliss-reactive ketones (excluding diaryl/α,β-unsaturated/α-hetero) is 1. The lowest BCUT2D eigenvalue weighted by Gasteiger charge is -2.11. The lowest BCUT2D eigenvalue weighted by atomic mass is 10.0. The topological polar surface area (TPSA) is 74.6 Å². The molecule has 0 aliphatic heterocycles. The number of carboxylic acid groups (broad SMARTS) is 1. The van der Waals surface area contributed by atoms with E-state index in [-0.39, 0.29) is 5.78 Å². The number of aliphatic carboxylic acids is 1. The summed E-state index contributed by atoms with van der Waals surface area (Å²) in [6.07, 6.45) is 11.3. The van der Waals surface area contributed by atoms with Gasteiger partial charge in [-0.15, -0.1) is 0 Å². The number of thioether (sulfide) groups is 1. The minimum atomic E-state index is -1.56. The van der Waals surface area contributed by atoms with Gasteiger partial charge in [-0.2, -0.15) is 0 Å². The van der Waals surface area contributed by atoms with Crippen molar-refractivity contribution in [3.63, 3.8) is 0 Å². The molecule has 1 unspecified atom stereocenters. The van der Waals surface area contributed by atoms with Crippen LogP contribution in [-0.4, -0.2) is 27.4 Å². The van der Waals surface area contributed by atoms with E-state index >= 15 is 0 Å². The zero-order valence-electron chi connectivity index (χ0n) is 16.0. The van der Waals surface area contributed by atoms with Crippen molar-refractivity contribution < 1.29 is 19.8 Å². The maximum absolute atomic E-state index is 12.5. The van der Waals surface area contributed by atoms with Crippen LogP contribution in [0.3, 0.4) is 0 Å². The van der Waals surface area contributed by atoms with Crippen LogP contribution in [0.4, 0.5) is 0 Å². The number of rotatable bonds is 14. The van der Waals surface area contributed by atoms with Gasteiger partial charge in [0.2, 0.25) is 5.44 Å². The molecular formula is C21H32O4S. The van der Waals surface area contributed by atoms with Gasteiger partial charge in [-0.1, -0.05) is 81.7 Å². The van der Waals surface area contributed by atoms with Gasteiger partial charge in [0, 0.05) is 16.9 Å². The predicted molar refractivity (Wildman–Crippen MR) is 107 cm³/mol. The third-order valence-electron chi connectivity index (χ3n) is 4.39. The summed E-state index contributed by atoms with van der Waals surface area (Å²) in [7, 11) is 0. The van der Waals surface area contributed by atoms with Crippen LogP contribution in [0.25, 0.3) is 0 Å². The maximum atomic E-state index is 12.5. The number of carbonyl (C=O) groups excluding carboxylic acids is 1. The summed E-state index contributed by atoms with van der Waals surface area (Å²) < 4.78 is 0. The van der Waals surface area contributed by atoms with Crippen LogP contribution in [0.15, 0.2) is 23.1 Å². The van der Waals surface area contributed by atoms with Gasteiger partial charge in [0.25, 0.3) is 0 Å². The highest BCUT2D eigenvalue weighted by Gasteiger charge is 2.19. The van der Waals surface area contributed by atoms with Crippen molar-refractivity contribution in [3.05, 3.63) is 29.3 Å². The molecule has 1 aromatic rings. The number of hydrogen-bond donors (Lipinski definition) is 2. The first-order chi connectivity index (χ1) is 12.5. The molecule has 0 saturated carbocycles. The average molecular weight is 381 g/mol. The number of carboxylic acids is 1. The Hall–Kier alpha value is -1.33. The first-order valence-corrected chi connectivity index (χ1v) is 10.5. The summed E-state index contributed by atoms with van der Waals surface area (Å²) in [6.45, 7) is 4.12. The van der Waals surface area contributed by atoms with E-state index in [1.807, 2.05) is 13.0 Å². The summed E-state index contributed by atoms with van der Waals surface area (Å²) in [5, 5.41) is 18.4. The van der Waals surface area contributed by atoms with E-state index in [0.717, 1.165) is 36.6 Å². The number of carbonyl (C=O) groups is 2. The number of unbranched alkanes of at least 4 members (excludes halogenated alkanes) is 8. The van der Waals surface area contributed by atoms with Crippen molar-refractivity contribution in [2.24, 2.45) is 0 Å². The Morgan fingerprint density at radius 2 is 1.58 bits per heavy atom. The second-order valence-electron chi connectivity index (χ2n) is 6.81. The molecule has 0 heterocycles. The molecule has 1 atom stereocenters. The zero-order chi connectivity index (χ0) is 19.4. The van der Waals surface area contributed by atoms with Crippen LogP contribution < -0.4 is 0 Å². The maximum Gasteiger partial charge on any atom is 0.343 e. The molecule has 0 aromatic heterocycles. The predicted octanol–water partition coefficient (Wildman–Crippen LogP) is 5.59. The van der Waals surface area contributed by atoms with E-state index in [2.05, 4.69) is 6.92 Å². The van der Waals surface area contributed by atoms with E-state index in [4.69, 9.17) is 5.11 Å². The van der Waals surface area contributed by atoms with Crippen molar-refractivity contribution in [1.29, 1.82) is 0 Å². The number of aryl methyl sites for hydroxylation is 1. The zero-order valence-corrected chi connectivity index (χ0v) is 16.8. The molecule has 0 aliphatic rings. The summed E-state index contributed by atoms with van der Waals surface area (Å²) in [5.74, 6) is -1.27. The van der Waals surface area contributed by atoms with Gasteiger partial charge in [-0.05, 0) is 25.5 Å². The van der Waals surface area contributed by atoms with Crippen LogP contribution in [-0.2, 0) is 4.79 Å². The molecule has 0 radical (unpaired) electrons. The molecule has 146 valence electrons. The molecule has 2 N–H and O–H groups in total. The monoisotopic (exact) mass is 380 g/mol. The highest BCUT2D eigenvalue weighted by Crippen LogP contribution is 2.28. The molecule has 1 rings (SSSR count). The van der Waals surface area contributed by atoms with Gasteiger partial charge in [-0.25, -0.2) is 4.79 Å². The molecule has 1 aromatic carbocycles. The molecule has 0 aliphatic carbocycles. The molecule has 0 bridgehead atoms. The van der Waals surface area contributed by atoms with Gasteiger partial charge < -0.3 is 10.2 Å². The Balaban J connectivity index is 2.41. The van der Waals surface area contributed by atoms with Crippen LogP contribution in [0, 0.1) is 6.92 Å². The van der Waals surface area contributed by atoms with E-state index in [1.54, 1.807) is 12.1 Å². The fourth-order valence-electron chi connectivity index (χ4n) is 2.87. The normalized spacial score (nSPS) is 12.1. The molecule has 5 heteroatoms. The van der Waals surface area contributed by atoms with Crippen LogP contribution in [0.5, 0.6) is 0 Å². The van der Waals surface area contributed by atoms with Gasteiger partial charge in [0.05, 0.1) is 0 Å². The van der Waals surface area contributed by atoms with E-state index < -0.39 is 11.4 Å². The van der Waals surface area contributed by atoms with Crippen molar-refractivity contribution in [3.8, 4) is 0 Å². The van der Waals surface area contributed by atoms with Crippen molar-refractivity contribution in [2.45, 2.75) is 88.4 Å². The summed E-state index contributed by atoms with van der Waals surface area (Å²) in [5.41, 5.74) is -0.0820. The Morgan fingerprint density at radius 3 is 2.15 bits per heavy atom. The molecule has 0 saturated heterocycles. The van der Waals surface area contributed by atoms with Crippen molar-refractivity contribution in [1.82, 2.24) is 0 Å². The summed E-state index contributed by atoms with van der Waals surface area (Å²) in [6, 6.07) is 5.33. The second-order valence-corrected chi connectivity index (χ2v) is 7.93. The Labute approximate surface area is 161 Å². The van der Waals surface area contributed by atoms with E-state index in [9.17, 15) is 14.7 Å². The number of aliphatic hydroxyl groups excluding tert-OH is 1. The Bertz CT molecular complexity index is 571. The molecule has 26 heavy (non-hydrogen) atoms. The van der Waals surface area contributed by atoms with Crippen molar-refractivity contribution in [2.75, 3.05) is 0 Å². The number of ketones is 1. The molecule has 0 spiro atoms. The van der Waals surface area contributed by atoms with E-state index in [1.165, 1.54) is 38.5 Å². The van der Waals surface area contributed by atoms with Gasteiger partial charge >= 0.3 is 5.97 Å². The summed E-state index contributed by atoms with van der Waals surface area (Å²) >= 11 is 0.807. The number of aliphatic hydroxyl groups is 1. The summed E-state index contributed by atoms with van der Waals surface area (Å²) in [4.78, 5) is 23.9. The van der Waals surface area contributed by atoms with E-state index in [0.29, 0.717) is 16.9 Å². The highest BCUT2D eigenvalue weighted by atomic mass is 32.2. The third-order valence-corrected chi connectivity index (χ3v) is 5.43. The van der Waals surface area contributed by atoms with Crippen LogP contribution >= 0.6 is 11.8 Å². The minimum Gasteiger partial charge on any atom is -0.479 e. The Morgan fingerprint density at radius 1 is 1.00 bits per heavy atom. The van der Waals surface area contributed by atoms with Gasteiger partial charge in [0.15, 0.2) is 5.78 Å². The first-order valence-electron chi connectivity index (χ1n) is 9.67. The van der Waals surface area contributed by atoms with Crippen LogP contribution in [0.1, 0.15) is 87.1 Å². The number of hydrogen-bond acceptors (Lipinski definition) is 4.